The molecule has 0 bridgehead atoms. The number of ether oxygens (including phenoxy) is 2. The van der Waals surface area contributed by atoms with Crippen LogP contribution >= 0.6 is 0 Å². The van der Waals surface area contributed by atoms with Crippen molar-refractivity contribution in [1.82, 2.24) is 4.98 Å². The van der Waals surface area contributed by atoms with Crippen molar-refractivity contribution >= 4 is 17.6 Å². The molecule has 1 aromatic heterocycles. The maximum Gasteiger partial charge on any atom is 0.434 e. The largest absolute Gasteiger partial charge is 0.462 e. The van der Waals surface area contributed by atoms with E-state index in [1.54, 1.807) is 0 Å². The standard InChI is InChI=1S/C17H19F5N2O4/c1-4-27-15(25)9-11(14(18)19)23-13(17(20,21)22)10(16(26)28-5-2)12(9)24(3)8-6-7-8/h8,14H,4-7H2,1-3H3. The lowest BCUT2D eigenvalue weighted by Gasteiger charge is -2.27. The first-order chi connectivity index (χ1) is 13.0. The number of aromatic nitrogens is 1. The SMILES string of the molecule is CCOC(=O)c1c(C(F)F)nc(C(F)(F)F)c(C(=O)OCC)c1N(C)C1CC1. The number of halogens is 5. The van der Waals surface area contributed by atoms with Crippen LogP contribution in [0.4, 0.5) is 27.6 Å². The van der Waals surface area contributed by atoms with Gasteiger partial charge in [-0.1, -0.05) is 0 Å². The van der Waals surface area contributed by atoms with Crippen molar-refractivity contribution in [2.45, 2.75) is 45.3 Å². The zero-order valence-corrected chi connectivity index (χ0v) is 15.4. The van der Waals surface area contributed by atoms with Gasteiger partial charge in [0.25, 0.3) is 6.43 Å². The zero-order chi connectivity index (χ0) is 21.2. The van der Waals surface area contributed by atoms with Crippen LogP contribution in [0.3, 0.4) is 0 Å². The number of carbonyl (C=O) groups is 2. The molecule has 0 radical (unpaired) electrons. The molecule has 11 heteroatoms. The Hall–Kier alpha value is -2.46. The topological polar surface area (TPSA) is 68.7 Å². The highest BCUT2D eigenvalue weighted by Crippen LogP contribution is 2.43. The summed E-state index contributed by atoms with van der Waals surface area (Å²) in [6, 6.07) is -0.310. The molecule has 0 aromatic carbocycles. The third-order valence-corrected chi connectivity index (χ3v) is 4.08. The lowest BCUT2D eigenvalue weighted by Crippen LogP contribution is -2.31. The van der Waals surface area contributed by atoms with E-state index < -0.39 is 52.7 Å². The van der Waals surface area contributed by atoms with E-state index in [-0.39, 0.29) is 19.3 Å². The number of pyridine rings is 1. The number of esters is 2. The average molecular weight is 410 g/mol. The third kappa shape index (κ3) is 4.33. The molecule has 156 valence electrons. The summed E-state index contributed by atoms with van der Waals surface area (Å²) in [4.78, 5) is 28.9. The molecule has 0 atom stereocenters. The minimum absolute atomic E-state index is 0.205. The summed E-state index contributed by atoms with van der Waals surface area (Å²) in [6.45, 7) is 2.33. The van der Waals surface area contributed by atoms with Crippen LogP contribution in [0, 0.1) is 0 Å². The summed E-state index contributed by atoms with van der Waals surface area (Å²) in [6.07, 6.45) is -7.59. The lowest BCUT2D eigenvalue weighted by atomic mass is 10.0. The molecule has 0 amide bonds. The van der Waals surface area contributed by atoms with Gasteiger partial charge in [0.1, 0.15) is 16.8 Å². The quantitative estimate of drug-likeness (QED) is 0.500. The van der Waals surface area contributed by atoms with Crippen molar-refractivity contribution in [2.24, 2.45) is 0 Å². The second kappa shape index (κ2) is 8.27. The van der Waals surface area contributed by atoms with Crippen LogP contribution in [0.5, 0.6) is 0 Å². The van der Waals surface area contributed by atoms with Crippen molar-refractivity contribution in [3.63, 3.8) is 0 Å². The van der Waals surface area contributed by atoms with Crippen molar-refractivity contribution < 1.29 is 41.0 Å². The smallest absolute Gasteiger partial charge is 0.434 e. The highest BCUT2D eigenvalue weighted by atomic mass is 19.4. The normalized spacial score (nSPS) is 14.2. The Balaban J connectivity index is 2.94. The number of hydrogen-bond acceptors (Lipinski definition) is 6. The second-order valence-corrected chi connectivity index (χ2v) is 6.03. The summed E-state index contributed by atoms with van der Waals surface area (Å²) in [5.41, 5.74) is -5.74. The highest BCUT2D eigenvalue weighted by molar-refractivity contribution is 6.06. The zero-order valence-electron chi connectivity index (χ0n) is 15.4. The molecule has 1 fully saturated rings. The Morgan fingerprint density at radius 1 is 1.11 bits per heavy atom. The van der Waals surface area contributed by atoms with E-state index in [1.807, 2.05) is 0 Å². The maximum absolute atomic E-state index is 13.6. The molecule has 1 heterocycles. The van der Waals surface area contributed by atoms with Crippen LogP contribution in [0.15, 0.2) is 0 Å². The van der Waals surface area contributed by atoms with E-state index in [0.29, 0.717) is 12.8 Å². The molecule has 1 saturated carbocycles. The van der Waals surface area contributed by atoms with Crippen molar-refractivity contribution in [3.05, 3.63) is 22.5 Å². The molecule has 28 heavy (non-hydrogen) atoms. The molecule has 6 nitrogen and oxygen atoms in total. The number of rotatable bonds is 7. The molecular formula is C17H19F5N2O4. The molecular weight excluding hydrogens is 391 g/mol. The van der Waals surface area contributed by atoms with E-state index in [1.165, 1.54) is 25.8 Å². The number of hydrogen-bond donors (Lipinski definition) is 0. The van der Waals surface area contributed by atoms with Gasteiger partial charge < -0.3 is 14.4 Å². The molecule has 1 aliphatic rings. The van der Waals surface area contributed by atoms with Gasteiger partial charge in [-0.15, -0.1) is 0 Å². The van der Waals surface area contributed by atoms with E-state index in [9.17, 15) is 31.5 Å². The Kier molecular flexibility index (Phi) is 6.45. The minimum atomic E-state index is -5.22. The fourth-order valence-corrected chi connectivity index (χ4v) is 2.75. The molecule has 1 aliphatic carbocycles. The average Bonchev–Trinajstić information content (AvgIpc) is 3.43. The molecule has 0 spiro atoms. The summed E-state index contributed by atoms with van der Waals surface area (Å²) < 4.78 is 77.3. The van der Waals surface area contributed by atoms with Crippen LogP contribution in [-0.2, 0) is 15.7 Å². The Labute approximate surface area is 157 Å². The van der Waals surface area contributed by atoms with Gasteiger partial charge in [0.2, 0.25) is 0 Å². The number of alkyl halides is 5. The summed E-state index contributed by atoms with van der Waals surface area (Å²) in [5, 5.41) is 0. The predicted molar refractivity (Wildman–Crippen MR) is 87.5 cm³/mol. The fourth-order valence-electron chi connectivity index (χ4n) is 2.75. The van der Waals surface area contributed by atoms with E-state index in [2.05, 4.69) is 4.98 Å². The Morgan fingerprint density at radius 3 is 2.00 bits per heavy atom. The monoisotopic (exact) mass is 410 g/mol. The van der Waals surface area contributed by atoms with Crippen LogP contribution in [0.25, 0.3) is 0 Å². The van der Waals surface area contributed by atoms with Crippen molar-refractivity contribution in [1.29, 1.82) is 0 Å². The highest BCUT2D eigenvalue weighted by Gasteiger charge is 2.45. The van der Waals surface area contributed by atoms with Crippen LogP contribution < -0.4 is 4.90 Å². The maximum atomic E-state index is 13.6. The first kappa shape index (κ1) is 21.8. The number of carbonyl (C=O) groups excluding carboxylic acids is 2. The number of anilines is 1. The summed E-state index contributed by atoms with van der Waals surface area (Å²) in [5.74, 6) is -2.69. The minimum Gasteiger partial charge on any atom is -0.462 e. The van der Waals surface area contributed by atoms with Crippen LogP contribution in [-0.4, -0.2) is 43.2 Å². The van der Waals surface area contributed by atoms with Crippen LogP contribution in [0.1, 0.15) is 65.2 Å². The third-order valence-electron chi connectivity index (χ3n) is 4.08. The molecule has 0 aliphatic heterocycles. The Bertz CT molecular complexity index is 763. The van der Waals surface area contributed by atoms with Gasteiger partial charge in [0.15, 0.2) is 5.69 Å². The first-order valence-corrected chi connectivity index (χ1v) is 8.54. The van der Waals surface area contributed by atoms with E-state index in [4.69, 9.17) is 9.47 Å². The van der Waals surface area contributed by atoms with Gasteiger partial charge in [-0.05, 0) is 26.7 Å². The second-order valence-electron chi connectivity index (χ2n) is 6.03. The fraction of sp³-hybridized carbons (Fsp3) is 0.588. The predicted octanol–water partition coefficient (Wildman–Crippen LogP) is 3.99. The first-order valence-electron chi connectivity index (χ1n) is 8.54. The Morgan fingerprint density at radius 2 is 1.61 bits per heavy atom. The van der Waals surface area contributed by atoms with Gasteiger partial charge >= 0.3 is 18.1 Å². The van der Waals surface area contributed by atoms with Gasteiger partial charge in [-0.3, -0.25) is 0 Å². The van der Waals surface area contributed by atoms with Gasteiger partial charge in [-0.25, -0.2) is 23.4 Å². The van der Waals surface area contributed by atoms with Gasteiger partial charge in [0, 0.05) is 13.1 Å². The molecule has 2 rings (SSSR count). The van der Waals surface area contributed by atoms with Crippen LogP contribution in [0.2, 0.25) is 0 Å². The van der Waals surface area contributed by atoms with E-state index in [0.717, 1.165) is 0 Å². The van der Waals surface area contributed by atoms with E-state index >= 15 is 0 Å². The van der Waals surface area contributed by atoms with Crippen molar-refractivity contribution in [2.75, 3.05) is 25.2 Å². The molecule has 0 N–H and O–H groups in total. The molecule has 0 saturated heterocycles. The lowest BCUT2D eigenvalue weighted by molar-refractivity contribution is -0.142. The summed E-state index contributed by atoms with van der Waals surface area (Å²) >= 11 is 0. The number of nitrogens with zero attached hydrogens (tertiary/aromatic N) is 2. The molecule has 1 aromatic rings. The molecule has 0 unspecified atom stereocenters. The van der Waals surface area contributed by atoms with Gasteiger partial charge in [0.05, 0.1) is 18.9 Å². The summed E-state index contributed by atoms with van der Waals surface area (Å²) in [7, 11) is 1.33. The van der Waals surface area contributed by atoms with Gasteiger partial charge in [-0.2, -0.15) is 13.2 Å². The van der Waals surface area contributed by atoms with Crippen molar-refractivity contribution in [3.8, 4) is 0 Å².